The summed E-state index contributed by atoms with van der Waals surface area (Å²) in [7, 11) is 0. The van der Waals surface area contributed by atoms with Gasteiger partial charge in [-0.3, -0.25) is 9.59 Å². The number of rotatable bonds is 5. The van der Waals surface area contributed by atoms with E-state index in [-0.39, 0.29) is 23.8 Å². The van der Waals surface area contributed by atoms with Crippen molar-refractivity contribution in [2.24, 2.45) is 0 Å². The highest BCUT2D eigenvalue weighted by Gasteiger charge is 2.17. The fraction of sp³-hybridized carbons (Fsp3) is 0.391. The Hall–Kier alpha value is -2.86. The molecule has 1 heterocycles. The molecule has 0 aromatic heterocycles. The van der Waals surface area contributed by atoms with Crippen LogP contribution in [0, 0.1) is 0 Å². The first-order valence-electron chi connectivity index (χ1n) is 9.83. The second-order valence-corrected chi connectivity index (χ2v) is 8.09. The van der Waals surface area contributed by atoms with Crippen LogP contribution in [0.4, 0.5) is 5.69 Å². The van der Waals surface area contributed by atoms with E-state index in [1.165, 1.54) is 5.56 Å². The number of amides is 2. The number of hydrogen-bond donors (Lipinski definition) is 1. The van der Waals surface area contributed by atoms with Crippen LogP contribution >= 0.6 is 0 Å². The summed E-state index contributed by atoms with van der Waals surface area (Å²) < 4.78 is 10.8. The molecule has 2 aromatic carbocycles. The molecular formula is C23H28N2O4. The highest BCUT2D eigenvalue weighted by Crippen LogP contribution is 2.23. The van der Waals surface area contributed by atoms with Gasteiger partial charge in [0.15, 0.2) is 6.61 Å². The molecule has 1 aliphatic rings. The Morgan fingerprint density at radius 3 is 2.21 bits per heavy atom. The average molecular weight is 396 g/mol. The van der Waals surface area contributed by atoms with Crippen molar-refractivity contribution in [3.8, 4) is 5.75 Å². The van der Waals surface area contributed by atoms with Gasteiger partial charge in [0.1, 0.15) is 5.75 Å². The lowest BCUT2D eigenvalue weighted by atomic mass is 9.87. The number of benzene rings is 2. The van der Waals surface area contributed by atoms with Crippen LogP contribution in [0.5, 0.6) is 5.75 Å². The fourth-order valence-electron chi connectivity index (χ4n) is 3.01. The monoisotopic (exact) mass is 396 g/mol. The molecule has 1 saturated heterocycles. The van der Waals surface area contributed by atoms with Gasteiger partial charge in [0.05, 0.1) is 13.2 Å². The van der Waals surface area contributed by atoms with Crippen molar-refractivity contribution >= 4 is 17.5 Å². The lowest BCUT2D eigenvalue weighted by molar-refractivity contribution is -0.137. The number of anilines is 1. The smallest absolute Gasteiger partial charge is 0.260 e. The SMILES string of the molecule is CC(C)(C)c1ccc(C(=O)Nc2ccc(OCC(=O)N3CCOCC3)cc2)cc1. The van der Waals surface area contributed by atoms with E-state index in [9.17, 15) is 9.59 Å². The maximum atomic E-state index is 12.4. The Morgan fingerprint density at radius 2 is 1.62 bits per heavy atom. The second kappa shape index (κ2) is 9.09. The molecule has 3 rings (SSSR count). The van der Waals surface area contributed by atoms with Crippen molar-refractivity contribution in [2.45, 2.75) is 26.2 Å². The molecule has 2 amide bonds. The number of hydrogen-bond acceptors (Lipinski definition) is 4. The number of morpholine rings is 1. The number of carbonyl (C=O) groups excluding carboxylic acids is 2. The first-order chi connectivity index (χ1) is 13.8. The van der Waals surface area contributed by atoms with Gasteiger partial charge in [0.25, 0.3) is 11.8 Å². The van der Waals surface area contributed by atoms with Crippen molar-refractivity contribution in [2.75, 3.05) is 38.2 Å². The molecule has 0 radical (unpaired) electrons. The Kier molecular flexibility index (Phi) is 6.54. The van der Waals surface area contributed by atoms with Crippen LogP contribution in [0.2, 0.25) is 0 Å². The summed E-state index contributed by atoms with van der Waals surface area (Å²) in [5.74, 6) is 0.366. The summed E-state index contributed by atoms with van der Waals surface area (Å²) in [4.78, 5) is 26.3. The van der Waals surface area contributed by atoms with E-state index >= 15 is 0 Å². The van der Waals surface area contributed by atoms with Crippen molar-refractivity contribution in [1.82, 2.24) is 4.90 Å². The highest BCUT2D eigenvalue weighted by molar-refractivity contribution is 6.04. The predicted molar refractivity (Wildman–Crippen MR) is 112 cm³/mol. The largest absolute Gasteiger partial charge is 0.484 e. The third-order valence-electron chi connectivity index (χ3n) is 4.85. The molecule has 6 nitrogen and oxygen atoms in total. The van der Waals surface area contributed by atoms with E-state index < -0.39 is 0 Å². The van der Waals surface area contributed by atoms with Gasteiger partial charge in [0, 0.05) is 24.3 Å². The number of ether oxygens (including phenoxy) is 2. The normalized spacial score (nSPS) is 14.4. The summed E-state index contributed by atoms with van der Waals surface area (Å²) >= 11 is 0. The number of nitrogens with one attached hydrogen (secondary N) is 1. The minimum Gasteiger partial charge on any atom is -0.484 e. The molecule has 0 bridgehead atoms. The van der Waals surface area contributed by atoms with Gasteiger partial charge in [-0.15, -0.1) is 0 Å². The molecule has 1 fully saturated rings. The quantitative estimate of drug-likeness (QED) is 0.840. The van der Waals surface area contributed by atoms with E-state index in [2.05, 4.69) is 26.1 Å². The van der Waals surface area contributed by atoms with Crippen molar-refractivity contribution in [3.63, 3.8) is 0 Å². The fourth-order valence-corrected chi connectivity index (χ4v) is 3.01. The lowest BCUT2D eigenvalue weighted by Gasteiger charge is -2.26. The van der Waals surface area contributed by atoms with E-state index in [1.807, 2.05) is 24.3 Å². The first-order valence-corrected chi connectivity index (χ1v) is 9.83. The Balaban J connectivity index is 1.52. The van der Waals surface area contributed by atoms with Crippen LogP contribution < -0.4 is 10.1 Å². The zero-order valence-electron chi connectivity index (χ0n) is 17.2. The van der Waals surface area contributed by atoms with Gasteiger partial charge in [-0.05, 0) is 47.4 Å². The van der Waals surface area contributed by atoms with Gasteiger partial charge < -0.3 is 19.7 Å². The van der Waals surface area contributed by atoms with Gasteiger partial charge >= 0.3 is 0 Å². The Labute approximate surface area is 171 Å². The zero-order chi connectivity index (χ0) is 20.9. The predicted octanol–water partition coefficient (Wildman–Crippen LogP) is 3.47. The molecule has 29 heavy (non-hydrogen) atoms. The molecule has 0 unspecified atom stereocenters. The lowest BCUT2D eigenvalue weighted by Crippen LogP contribution is -2.42. The van der Waals surface area contributed by atoms with E-state index in [1.54, 1.807) is 29.2 Å². The summed E-state index contributed by atoms with van der Waals surface area (Å²) in [6, 6.07) is 14.6. The molecule has 0 atom stereocenters. The molecule has 0 saturated carbocycles. The summed E-state index contributed by atoms with van der Waals surface area (Å²) in [5, 5.41) is 2.88. The van der Waals surface area contributed by atoms with Gasteiger partial charge in [0.2, 0.25) is 0 Å². The molecule has 1 aliphatic heterocycles. The minimum absolute atomic E-state index is 0.00810. The van der Waals surface area contributed by atoms with Crippen LogP contribution in [-0.2, 0) is 14.9 Å². The second-order valence-electron chi connectivity index (χ2n) is 8.09. The third kappa shape index (κ3) is 5.81. The molecule has 6 heteroatoms. The topological polar surface area (TPSA) is 67.9 Å². The van der Waals surface area contributed by atoms with Crippen molar-refractivity contribution < 1.29 is 19.1 Å². The highest BCUT2D eigenvalue weighted by atomic mass is 16.5. The van der Waals surface area contributed by atoms with Crippen molar-refractivity contribution in [1.29, 1.82) is 0 Å². The van der Waals surface area contributed by atoms with Gasteiger partial charge in [-0.25, -0.2) is 0 Å². The summed E-state index contributed by atoms with van der Waals surface area (Å²) in [6.07, 6.45) is 0. The minimum atomic E-state index is -0.165. The number of carbonyl (C=O) groups is 2. The molecular weight excluding hydrogens is 368 g/mol. The molecule has 0 spiro atoms. The van der Waals surface area contributed by atoms with Crippen LogP contribution in [0.25, 0.3) is 0 Å². The van der Waals surface area contributed by atoms with Crippen LogP contribution in [0.1, 0.15) is 36.7 Å². The van der Waals surface area contributed by atoms with Crippen LogP contribution in [0.15, 0.2) is 48.5 Å². The van der Waals surface area contributed by atoms with Gasteiger partial charge in [-0.2, -0.15) is 0 Å². The van der Waals surface area contributed by atoms with E-state index in [0.29, 0.717) is 43.3 Å². The maximum absolute atomic E-state index is 12.4. The van der Waals surface area contributed by atoms with Crippen molar-refractivity contribution in [3.05, 3.63) is 59.7 Å². The standard InChI is InChI=1S/C23H28N2O4/c1-23(2,3)18-6-4-17(5-7-18)22(27)24-19-8-10-20(11-9-19)29-16-21(26)25-12-14-28-15-13-25/h4-11H,12-16H2,1-3H3,(H,24,27). The van der Waals surface area contributed by atoms with Gasteiger partial charge in [-0.1, -0.05) is 32.9 Å². The number of nitrogens with zero attached hydrogens (tertiary/aromatic N) is 1. The average Bonchev–Trinajstić information content (AvgIpc) is 2.73. The molecule has 154 valence electrons. The molecule has 1 N–H and O–H groups in total. The summed E-state index contributed by atoms with van der Waals surface area (Å²) in [5.41, 5.74) is 2.51. The van der Waals surface area contributed by atoms with Crippen LogP contribution in [-0.4, -0.2) is 49.6 Å². The zero-order valence-corrected chi connectivity index (χ0v) is 17.2. The van der Waals surface area contributed by atoms with E-state index in [4.69, 9.17) is 9.47 Å². The van der Waals surface area contributed by atoms with E-state index in [0.717, 1.165) is 0 Å². The van der Waals surface area contributed by atoms with Crippen LogP contribution in [0.3, 0.4) is 0 Å². The Morgan fingerprint density at radius 1 is 1.00 bits per heavy atom. The Bertz CT molecular complexity index is 833. The molecule has 2 aromatic rings. The molecule has 0 aliphatic carbocycles. The third-order valence-corrected chi connectivity index (χ3v) is 4.85. The summed E-state index contributed by atoms with van der Waals surface area (Å²) in [6.45, 7) is 8.75. The first kappa shape index (κ1) is 20.9. The maximum Gasteiger partial charge on any atom is 0.260 e.